The lowest BCUT2D eigenvalue weighted by atomic mass is 10.1. The van der Waals surface area contributed by atoms with Crippen molar-refractivity contribution in [1.29, 1.82) is 0 Å². The molecule has 0 atom stereocenters. The molecule has 0 amide bonds. The Morgan fingerprint density at radius 2 is 0.796 bits per heavy atom. The van der Waals surface area contributed by atoms with Gasteiger partial charge in [0.25, 0.3) is 0 Å². The van der Waals surface area contributed by atoms with E-state index in [1.54, 1.807) is 0 Å². The van der Waals surface area contributed by atoms with Crippen molar-refractivity contribution in [2.75, 3.05) is 39.6 Å². The van der Waals surface area contributed by atoms with Crippen LogP contribution in [-0.4, -0.2) is 86.8 Å². The average molecular weight is 781 g/mol. The summed E-state index contributed by atoms with van der Waals surface area (Å²) in [6, 6.07) is 22.4. The molecule has 298 valence electrons. The largest absolute Gasteiger partial charge is 0.500 e. The highest BCUT2D eigenvalue weighted by Crippen LogP contribution is 2.22. The van der Waals surface area contributed by atoms with Gasteiger partial charge in [0.2, 0.25) is 0 Å². The Labute approximate surface area is 325 Å². The summed E-state index contributed by atoms with van der Waals surface area (Å²) in [6.45, 7) is 16.9. The first-order valence-corrected chi connectivity index (χ1v) is 24.0. The highest BCUT2D eigenvalue weighted by Gasteiger charge is 2.40. The molecule has 0 aliphatic heterocycles. The third kappa shape index (κ3) is 13.9. The van der Waals surface area contributed by atoms with Gasteiger partial charge < -0.3 is 26.6 Å². The summed E-state index contributed by atoms with van der Waals surface area (Å²) in [6.07, 6.45) is 6.60. The fraction of sp³-hybridized carbons (Fsp3) is 0.600. The van der Waals surface area contributed by atoms with Crippen LogP contribution >= 0.6 is 0 Å². The van der Waals surface area contributed by atoms with Crippen molar-refractivity contribution in [1.82, 2.24) is 29.5 Å². The van der Waals surface area contributed by atoms with Gasteiger partial charge in [-0.15, -0.1) is 0 Å². The molecular formula is C40H64N6O6Si2. The topological polar surface area (TPSA) is 117 Å². The Morgan fingerprint density at radius 3 is 1.11 bits per heavy atom. The zero-order valence-corrected chi connectivity index (χ0v) is 35.6. The van der Waals surface area contributed by atoms with Crippen LogP contribution in [0.4, 0.5) is 0 Å². The van der Waals surface area contributed by atoms with Gasteiger partial charge in [-0.05, 0) is 78.4 Å². The number of hydrogen-bond donors (Lipinski definition) is 0. The van der Waals surface area contributed by atoms with E-state index in [1.165, 1.54) is 11.1 Å². The lowest BCUT2D eigenvalue weighted by Gasteiger charge is -2.28. The average Bonchev–Trinajstić information content (AvgIpc) is 3.73. The number of benzene rings is 2. The molecule has 0 fully saturated rings. The summed E-state index contributed by atoms with van der Waals surface area (Å²) in [7, 11) is -5.47. The van der Waals surface area contributed by atoms with Gasteiger partial charge in [0, 0.05) is 90.5 Å². The van der Waals surface area contributed by atoms with E-state index in [9.17, 15) is 0 Å². The van der Waals surface area contributed by atoms with Gasteiger partial charge in [0.15, 0.2) is 11.6 Å². The minimum Gasteiger partial charge on any atom is -0.374 e. The summed E-state index contributed by atoms with van der Waals surface area (Å²) in [4.78, 5) is 10.1. The molecular weight excluding hydrogens is 717 g/mol. The summed E-state index contributed by atoms with van der Waals surface area (Å²) in [5.41, 5.74) is 2.43. The zero-order valence-electron chi connectivity index (χ0n) is 33.6. The SMILES string of the molecule is CCO[Si](CCCn1nc(CCCCc2nc(Cc3ccccc3)n(CCC[Si](OCC)(OCC)OCC)n2)nc1Cc1ccccc1)(OCC)OCC. The van der Waals surface area contributed by atoms with Crippen molar-refractivity contribution in [3.8, 4) is 0 Å². The third-order valence-electron chi connectivity index (χ3n) is 8.94. The predicted molar refractivity (Wildman–Crippen MR) is 215 cm³/mol. The highest BCUT2D eigenvalue weighted by atomic mass is 28.4. The number of aromatic nitrogens is 6. The lowest BCUT2D eigenvalue weighted by molar-refractivity contribution is 0.0696. The normalized spacial score (nSPS) is 12.2. The van der Waals surface area contributed by atoms with Gasteiger partial charge in [-0.2, -0.15) is 10.2 Å². The summed E-state index contributed by atoms with van der Waals surface area (Å²) in [5.74, 6) is 3.70. The Bertz CT molecular complexity index is 1440. The zero-order chi connectivity index (χ0) is 38.5. The second-order valence-corrected chi connectivity index (χ2v) is 18.5. The van der Waals surface area contributed by atoms with Gasteiger partial charge in [-0.1, -0.05) is 60.7 Å². The molecule has 0 N–H and O–H groups in total. The fourth-order valence-electron chi connectivity index (χ4n) is 6.70. The van der Waals surface area contributed by atoms with E-state index in [1.807, 2.05) is 53.7 Å². The van der Waals surface area contributed by atoms with Crippen molar-refractivity contribution in [3.63, 3.8) is 0 Å². The van der Waals surface area contributed by atoms with E-state index in [-0.39, 0.29) is 0 Å². The molecule has 54 heavy (non-hydrogen) atoms. The third-order valence-corrected chi connectivity index (χ3v) is 15.2. The Hall–Kier alpha value is -3.09. The van der Waals surface area contributed by atoms with Crippen molar-refractivity contribution in [2.45, 2.75) is 118 Å². The molecule has 0 saturated carbocycles. The molecule has 0 aliphatic rings. The lowest BCUT2D eigenvalue weighted by Crippen LogP contribution is -2.46. The van der Waals surface area contributed by atoms with Crippen LogP contribution in [0.25, 0.3) is 0 Å². The van der Waals surface area contributed by atoms with Crippen LogP contribution in [0.2, 0.25) is 12.1 Å². The highest BCUT2D eigenvalue weighted by molar-refractivity contribution is 6.61. The minimum absolute atomic E-state index is 0.572. The first-order valence-electron chi connectivity index (χ1n) is 20.2. The monoisotopic (exact) mass is 780 g/mol. The molecule has 4 aromatic rings. The van der Waals surface area contributed by atoms with E-state index in [0.29, 0.717) is 39.6 Å². The van der Waals surface area contributed by atoms with E-state index in [0.717, 1.165) is 99.8 Å². The summed E-state index contributed by atoms with van der Waals surface area (Å²) < 4.78 is 40.8. The van der Waals surface area contributed by atoms with Gasteiger partial charge in [-0.3, -0.25) is 0 Å². The predicted octanol–water partition coefficient (Wildman–Crippen LogP) is 7.49. The van der Waals surface area contributed by atoms with Crippen LogP contribution in [0.1, 0.15) is 102 Å². The van der Waals surface area contributed by atoms with E-state index >= 15 is 0 Å². The first kappa shape index (κ1) is 43.6. The smallest absolute Gasteiger partial charge is 0.374 e. The maximum atomic E-state index is 6.10. The fourth-order valence-corrected chi connectivity index (χ4v) is 11.9. The Kier molecular flexibility index (Phi) is 19.2. The van der Waals surface area contributed by atoms with Crippen molar-refractivity contribution in [3.05, 3.63) is 95.1 Å². The molecule has 2 aromatic carbocycles. The Morgan fingerprint density at radius 1 is 0.463 bits per heavy atom. The van der Waals surface area contributed by atoms with Crippen molar-refractivity contribution < 1.29 is 26.6 Å². The van der Waals surface area contributed by atoms with Gasteiger partial charge in [0.1, 0.15) is 11.6 Å². The second-order valence-electron chi connectivity index (χ2n) is 13.0. The molecule has 14 heteroatoms. The van der Waals surface area contributed by atoms with Crippen LogP contribution in [0.5, 0.6) is 0 Å². The first-order chi connectivity index (χ1) is 26.4. The maximum Gasteiger partial charge on any atom is 0.500 e. The van der Waals surface area contributed by atoms with Crippen molar-refractivity contribution >= 4 is 17.6 Å². The quantitative estimate of drug-likeness (QED) is 0.0405. The van der Waals surface area contributed by atoms with Gasteiger partial charge in [-0.25, -0.2) is 19.3 Å². The number of rotatable bonds is 29. The van der Waals surface area contributed by atoms with Crippen LogP contribution in [-0.2, 0) is 65.3 Å². The van der Waals surface area contributed by atoms with Gasteiger partial charge >= 0.3 is 17.6 Å². The number of hydrogen-bond acceptors (Lipinski definition) is 10. The maximum absolute atomic E-state index is 6.10. The molecule has 0 aliphatic carbocycles. The molecule has 2 heterocycles. The minimum atomic E-state index is -2.73. The second kappa shape index (κ2) is 23.7. The van der Waals surface area contributed by atoms with Crippen LogP contribution in [0.15, 0.2) is 60.7 Å². The number of unbranched alkanes of at least 4 members (excludes halogenated alkanes) is 1. The molecule has 0 spiro atoms. The number of aryl methyl sites for hydroxylation is 4. The molecule has 0 bridgehead atoms. The van der Waals surface area contributed by atoms with E-state index < -0.39 is 17.6 Å². The molecule has 2 aromatic heterocycles. The molecule has 0 saturated heterocycles. The van der Waals surface area contributed by atoms with Crippen LogP contribution < -0.4 is 0 Å². The summed E-state index contributed by atoms with van der Waals surface area (Å²) in [5, 5.41) is 10.0. The summed E-state index contributed by atoms with van der Waals surface area (Å²) >= 11 is 0. The van der Waals surface area contributed by atoms with Gasteiger partial charge in [0.05, 0.1) is 0 Å². The molecule has 12 nitrogen and oxygen atoms in total. The van der Waals surface area contributed by atoms with Crippen LogP contribution in [0, 0.1) is 0 Å². The molecule has 0 unspecified atom stereocenters. The standard InChI is InChI=1S/C40H64N6O6Si2/c1-7-47-53(48-8-2,49-9-3)31-21-29-45-39(33-35-23-15-13-16-24-35)41-37(43-45)27-19-20-28-38-42-40(34-36-25-17-14-18-26-36)46(44-38)30-22-32-54(50-10-4,51-11-5)52-12-6/h13-18,23-26H,7-12,19-22,27-34H2,1-6H3. The molecule has 4 rings (SSSR count). The van der Waals surface area contributed by atoms with Crippen molar-refractivity contribution in [2.24, 2.45) is 0 Å². The molecule has 0 radical (unpaired) electrons. The van der Waals surface area contributed by atoms with Crippen LogP contribution in [0.3, 0.4) is 0 Å². The van der Waals surface area contributed by atoms with E-state index in [2.05, 4.69) is 57.9 Å². The number of nitrogens with zero attached hydrogens (tertiary/aromatic N) is 6. The Balaban J connectivity index is 1.41. The van der Waals surface area contributed by atoms with E-state index in [4.69, 9.17) is 46.7 Å².